The molecule has 0 fully saturated rings. The smallest absolute Gasteiger partial charge is 0.335 e. The molecule has 0 spiro atoms. The molecule has 3 heterocycles. The first-order valence-corrected chi connectivity index (χ1v) is 8.55. The molecule has 25 heavy (non-hydrogen) atoms. The number of anilines is 1. The second-order valence-electron chi connectivity index (χ2n) is 5.53. The van der Waals surface area contributed by atoms with Crippen molar-refractivity contribution in [2.75, 3.05) is 11.1 Å². The van der Waals surface area contributed by atoms with Crippen LogP contribution in [0.2, 0.25) is 0 Å². The first-order chi connectivity index (χ1) is 12.1. The van der Waals surface area contributed by atoms with Gasteiger partial charge in [-0.05, 0) is 24.3 Å². The third-order valence-corrected chi connectivity index (χ3v) is 5.12. The van der Waals surface area contributed by atoms with Gasteiger partial charge in [0, 0.05) is 11.1 Å². The molecule has 1 aromatic carbocycles. The van der Waals surface area contributed by atoms with Crippen molar-refractivity contribution in [3.63, 3.8) is 0 Å². The summed E-state index contributed by atoms with van der Waals surface area (Å²) in [7, 11) is 0. The molecule has 0 bridgehead atoms. The summed E-state index contributed by atoms with van der Waals surface area (Å²) in [6.45, 7) is 0. The predicted octanol–water partition coefficient (Wildman–Crippen LogP) is 3.14. The molecular formula is C17H13N3O4S. The van der Waals surface area contributed by atoms with E-state index in [2.05, 4.69) is 15.5 Å². The molecule has 1 amide bonds. The summed E-state index contributed by atoms with van der Waals surface area (Å²) in [5, 5.41) is 18.5. The number of carbonyl (C=O) groups excluding carboxylic acids is 1. The number of aromatic carboxylic acids is 1. The largest absolute Gasteiger partial charge is 0.478 e. The van der Waals surface area contributed by atoms with E-state index >= 15 is 0 Å². The number of thioether (sulfide) groups is 1. The van der Waals surface area contributed by atoms with Crippen LogP contribution in [0.25, 0.3) is 11.3 Å². The van der Waals surface area contributed by atoms with E-state index in [9.17, 15) is 9.59 Å². The lowest BCUT2D eigenvalue weighted by Crippen LogP contribution is -2.12. The Bertz CT molecular complexity index is 962. The van der Waals surface area contributed by atoms with Crippen LogP contribution in [-0.4, -0.2) is 32.9 Å². The van der Waals surface area contributed by atoms with E-state index in [4.69, 9.17) is 9.52 Å². The second-order valence-corrected chi connectivity index (χ2v) is 6.62. The monoisotopic (exact) mass is 355 g/mol. The Morgan fingerprint density at radius 2 is 2.20 bits per heavy atom. The summed E-state index contributed by atoms with van der Waals surface area (Å²) in [6.07, 6.45) is 1.67. The maximum absolute atomic E-state index is 11.8. The van der Waals surface area contributed by atoms with Crippen molar-refractivity contribution in [3.05, 3.63) is 59.5 Å². The summed E-state index contributed by atoms with van der Waals surface area (Å²) >= 11 is 1.45. The molecule has 0 saturated carbocycles. The number of aromatic amines is 1. The summed E-state index contributed by atoms with van der Waals surface area (Å²) in [5.74, 6) is 1.05. The van der Waals surface area contributed by atoms with Crippen molar-refractivity contribution in [2.24, 2.45) is 0 Å². The summed E-state index contributed by atoms with van der Waals surface area (Å²) < 4.78 is 5.97. The molecule has 3 N–H and O–H groups in total. The first kappa shape index (κ1) is 15.5. The zero-order valence-electron chi connectivity index (χ0n) is 12.9. The van der Waals surface area contributed by atoms with Gasteiger partial charge >= 0.3 is 5.97 Å². The van der Waals surface area contributed by atoms with E-state index in [1.54, 1.807) is 30.5 Å². The van der Waals surface area contributed by atoms with E-state index in [0.29, 0.717) is 28.7 Å². The Balaban J connectivity index is 1.69. The number of nitrogens with zero attached hydrogens (tertiary/aromatic N) is 1. The topological polar surface area (TPSA) is 108 Å². The molecule has 1 aliphatic rings. The van der Waals surface area contributed by atoms with Crippen LogP contribution in [0.5, 0.6) is 0 Å². The maximum Gasteiger partial charge on any atom is 0.335 e. The molecule has 0 radical (unpaired) electrons. The maximum atomic E-state index is 11.8. The van der Waals surface area contributed by atoms with Gasteiger partial charge in [0.1, 0.15) is 17.3 Å². The number of fused-ring (bicyclic) bond motifs is 1. The van der Waals surface area contributed by atoms with Crippen LogP contribution in [0.3, 0.4) is 0 Å². The number of benzene rings is 1. The Hall–Kier alpha value is -3.00. The molecule has 1 atom stereocenters. The van der Waals surface area contributed by atoms with Crippen molar-refractivity contribution >= 4 is 29.5 Å². The minimum atomic E-state index is -0.986. The third kappa shape index (κ3) is 2.91. The van der Waals surface area contributed by atoms with Gasteiger partial charge in [-0.2, -0.15) is 5.10 Å². The summed E-state index contributed by atoms with van der Waals surface area (Å²) in [5.41, 5.74) is 1.73. The number of carboxylic acid groups (broad SMARTS) is 1. The van der Waals surface area contributed by atoms with E-state index in [1.165, 1.54) is 17.8 Å². The van der Waals surface area contributed by atoms with E-state index < -0.39 is 5.97 Å². The quantitative estimate of drug-likeness (QED) is 0.666. The lowest BCUT2D eigenvalue weighted by molar-refractivity contribution is -0.113. The molecule has 2 aromatic heterocycles. The van der Waals surface area contributed by atoms with Crippen molar-refractivity contribution < 1.29 is 19.1 Å². The number of hydrogen-bond donors (Lipinski definition) is 3. The Labute approximate surface area is 146 Å². The van der Waals surface area contributed by atoms with Crippen LogP contribution >= 0.6 is 11.8 Å². The van der Waals surface area contributed by atoms with Gasteiger partial charge in [-0.3, -0.25) is 9.89 Å². The highest BCUT2D eigenvalue weighted by Crippen LogP contribution is 2.42. The summed E-state index contributed by atoms with van der Waals surface area (Å²) in [4.78, 5) is 22.9. The highest BCUT2D eigenvalue weighted by molar-refractivity contribution is 8.00. The Morgan fingerprint density at radius 3 is 3.04 bits per heavy atom. The van der Waals surface area contributed by atoms with Gasteiger partial charge < -0.3 is 14.8 Å². The Kier molecular flexibility index (Phi) is 3.81. The normalized spacial score (nSPS) is 16.8. The molecule has 4 rings (SSSR count). The number of carbonyl (C=O) groups is 2. The van der Waals surface area contributed by atoms with Gasteiger partial charge in [-0.1, -0.05) is 12.1 Å². The van der Waals surface area contributed by atoms with Crippen molar-refractivity contribution in [1.82, 2.24) is 10.2 Å². The van der Waals surface area contributed by atoms with E-state index in [0.717, 1.165) is 5.56 Å². The first-order valence-electron chi connectivity index (χ1n) is 7.50. The molecule has 0 aliphatic carbocycles. The van der Waals surface area contributed by atoms with Gasteiger partial charge in [0.25, 0.3) is 0 Å². The highest BCUT2D eigenvalue weighted by atomic mass is 32.2. The highest BCUT2D eigenvalue weighted by Gasteiger charge is 2.28. The fourth-order valence-corrected chi connectivity index (χ4v) is 3.75. The van der Waals surface area contributed by atoms with Crippen LogP contribution in [0.4, 0.5) is 5.82 Å². The van der Waals surface area contributed by atoms with Crippen LogP contribution in [-0.2, 0) is 4.79 Å². The average molecular weight is 355 g/mol. The average Bonchev–Trinajstić information content (AvgIpc) is 3.23. The SMILES string of the molecule is O=C1CS[C@@H](c2ccc(-c3cccc(C(=O)O)c3)o2)c2cn[nH]c2N1. The number of rotatable bonds is 3. The van der Waals surface area contributed by atoms with Gasteiger partial charge in [0.05, 0.1) is 22.8 Å². The van der Waals surface area contributed by atoms with E-state index in [1.807, 2.05) is 6.07 Å². The molecule has 8 heteroatoms. The molecule has 3 aromatic rings. The standard InChI is InChI=1S/C17H13N3O4S/c21-14-8-25-15(11-7-18-20-16(11)19-14)13-5-4-12(24-13)9-2-1-3-10(6-9)17(22)23/h1-7,15H,8H2,(H,22,23)(H2,18,19,20,21)/t15-/m1/s1. The van der Waals surface area contributed by atoms with Crippen molar-refractivity contribution in [2.45, 2.75) is 5.25 Å². The zero-order chi connectivity index (χ0) is 17.4. The molecule has 1 aliphatic heterocycles. The number of nitrogens with one attached hydrogen (secondary N) is 2. The molecular weight excluding hydrogens is 342 g/mol. The number of H-pyrrole nitrogens is 1. The lowest BCUT2D eigenvalue weighted by Gasteiger charge is -2.10. The number of aromatic nitrogens is 2. The van der Waals surface area contributed by atoms with Gasteiger partial charge in [-0.25, -0.2) is 4.79 Å². The minimum absolute atomic E-state index is 0.0982. The molecule has 0 saturated heterocycles. The number of amides is 1. The molecule has 126 valence electrons. The van der Waals surface area contributed by atoms with Crippen LogP contribution < -0.4 is 5.32 Å². The minimum Gasteiger partial charge on any atom is -0.478 e. The second kappa shape index (κ2) is 6.14. The number of carboxylic acids is 1. The molecule has 0 unspecified atom stereocenters. The van der Waals surface area contributed by atoms with Crippen LogP contribution in [0.1, 0.15) is 26.9 Å². The van der Waals surface area contributed by atoms with Gasteiger partial charge in [0.2, 0.25) is 5.91 Å². The fraction of sp³-hybridized carbons (Fsp3) is 0.118. The van der Waals surface area contributed by atoms with Crippen LogP contribution in [0, 0.1) is 0 Å². The van der Waals surface area contributed by atoms with E-state index in [-0.39, 0.29) is 16.7 Å². The number of hydrogen-bond acceptors (Lipinski definition) is 5. The zero-order valence-corrected chi connectivity index (χ0v) is 13.7. The predicted molar refractivity (Wildman–Crippen MR) is 92.6 cm³/mol. The lowest BCUT2D eigenvalue weighted by atomic mass is 10.1. The van der Waals surface area contributed by atoms with Crippen molar-refractivity contribution in [1.29, 1.82) is 0 Å². The van der Waals surface area contributed by atoms with Gasteiger partial charge in [0.15, 0.2) is 0 Å². The summed E-state index contributed by atoms with van der Waals surface area (Å²) in [6, 6.07) is 10.2. The van der Waals surface area contributed by atoms with Gasteiger partial charge in [-0.15, -0.1) is 11.8 Å². The molecule has 7 nitrogen and oxygen atoms in total. The fourth-order valence-electron chi connectivity index (χ4n) is 2.71. The van der Waals surface area contributed by atoms with Crippen LogP contribution in [0.15, 0.2) is 47.0 Å². The van der Waals surface area contributed by atoms with Crippen molar-refractivity contribution in [3.8, 4) is 11.3 Å². The number of furan rings is 1. The Morgan fingerprint density at radius 1 is 1.32 bits per heavy atom. The third-order valence-electron chi connectivity index (χ3n) is 3.88.